The maximum absolute atomic E-state index is 13.6. The Bertz CT molecular complexity index is 863. The number of halogens is 3. The van der Waals surface area contributed by atoms with E-state index >= 15 is 0 Å². The standard InChI is InChI=1S/C17H18ClF2N3O.C5H11NO/c18-16-22-14-7-2-1-6-13(14)15(23-16)21-9-11-4-3-5-12(8-11)17(19,20)10-24;1-6-2-4-7-5-3-6/h3-5,8,24H,1-2,6-7,9-10H2,(H,21,22,23);2-5H2,1H3. The van der Waals surface area contributed by atoms with Crippen LogP contribution >= 0.6 is 11.6 Å². The lowest BCUT2D eigenvalue weighted by Crippen LogP contribution is -2.32. The van der Waals surface area contributed by atoms with Gasteiger partial charge in [0.25, 0.3) is 5.92 Å². The second-order valence-corrected chi connectivity index (χ2v) is 8.14. The van der Waals surface area contributed by atoms with Gasteiger partial charge in [-0.2, -0.15) is 8.78 Å². The number of rotatable bonds is 5. The number of anilines is 1. The second-order valence-electron chi connectivity index (χ2n) is 7.81. The summed E-state index contributed by atoms with van der Waals surface area (Å²) in [4.78, 5) is 10.8. The van der Waals surface area contributed by atoms with Gasteiger partial charge in [-0.3, -0.25) is 0 Å². The van der Waals surface area contributed by atoms with Crippen molar-refractivity contribution in [1.29, 1.82) is 0 Å². The highest BCUT2D eigenvalue weighted by molar-refractivity contribution is 6.28. The molecule has 0 unspecified atom stereocenters. The molecule has 9 heteroatoms. The van der Waals surface area contributed by atoms with Crippen molar-refractivity contribution in [3.63, 3.8) is 0 Å². The number of fused-ring (bicyclic) bond motifs is 1. The van der Waals surface area contributed by atoms with Crippen molar-refractivity contribution in [2.45, 2.75) is 38.2 Å². The van der Waals surface area contributed by atoms with Gasteiger partial charge in [0.1, 0.15) is 12.4 Å². The summed E-state index contributed by atoms with van der Waals surface area (Å²) in [5, 5.41) is 12.2. The fourth-order valence-electron chi connectivity index (χ4n) is 3.55. The largest absolute Gasteiger partial charge is 0.390 e. The number of aromatic nitrogens is 2. The predicted molar refractivity (Wildman–Crippen MR) is 117 cm³/mol. The number of ether oxygens (including phenoxy) is 1. The monoisotopic (exact) mass is 454 g/mol. The average molecular weight is 455 g/mol. The van der Waals surface area contributed by atoms with E-state index in [1.54, 1.807) is 12.1 Å². The lowest BCUT2D eigenvalue weighted by Gasteiger charge is -2.21. The molecule has 2 aromatic rings. The molecule has 31 heavy (non-hydrogen) atoms. The number of aliphatic hydroxyl groups is 1. The zero-order valence-corrected chi connectivity index (χ0v) is 18.5. The number of hydrogen-bond donors (Lipinski definition) is 2. The third-order valence-corrected chi connectivity index (χ3v) is 5.57. The van der Waals surface area contributed by atoms with E-state index in [0.29, 0.717) is 17.9 Å². The van der Waals surface area contributed by atoms with Crippen LogP contribution < -0.4 is 5.32 Å². The molecular formula is C22H29ClF2N4O2. The number of hydrogen-bond acceptors (Lipinski definition) is 6. The van der Waals surface area contributed by atoms with Crippen LogP contribution in [-0.4, -0.2) is 59.9 Å². The first kappa shape index (κ1) is 23.8. The number of likely N-dealkylation sites (N-methyl/N-ethyl adjacent to an activating group) is 1. The van der Waals surface area contributed by atoms with E-state index in [0.717, 1.165) is 63.2 Å². The number of benzene rings is 1. The number of aryl methyl sites for hydroxylation is 1. The molecule has 1 aromatic heterocycles. The van der Waals surface area contributed by atoms with Gasteiger partial charge in [0.15, 0.2) is 0 Å². The number of alkyl halides is 2. The Morgan fingerprint density at radius 2 is 1.94 bits per heavy atom. The number of aliphatic hydroxyl groups excluding tert-OH is 1. The summed E-state index contributed by atoms with van der Waals surface area (Å²) in [5.41, 5.74) is 2.50. The summed E-state index contributed by atoms with van der Waals surface area (Å²) < 4.78 is 32.3. The van der Waals surface area contributed by atoms with E-state index in [9.17, 15) is 8.78 Å². The third kappa shape index (κ3) is 6.80. The molecule has 2 aliphatic rings. The van der Waals surface area contributed by atoms with Crippen LogP contribution in [0.5, 0.6) is 0 Å². The fourth-order valence-corrected chi connectivity index (χ4v) is 3.74. The van der Waals surface area contributed by atoms with Gasteiger partial charge < -0.3 is 20.1 Å². The van der Waals surface area contributed by atoms with Gasteiger partial charge in [-0.15, -0.1) is 0 Å². The first-order chi connectivity index (χ1) is 14.9. The van der Waals surface area contributed by atoms with Crippen LogP contribution in [0.25, 0.3) is 0 Å². The van der Waals surface area contributed by atoms with Gasteiger partial charge in [0.2, 0.25) is 5.28 Å². The molecule has 1 aliphatic carbocycles. The number of morpholine rings is 1. The number of nitrogens with one attached hydrogen (secondary N) is 1. The minimum atomic E-state index is -3.24. The van der Waals surface area contributed by atoms with Crippen molar-refractivity contribution in [3.8, 4) is 0 Å². The normalized spacial score (nSPS) is 16.8. The molecular weight excluding hydrogens is 426 g/mol. The van der Waals surface area contributed by atoms with Gasteiger partial charge in [-0.05, 0) is 56.0 Å². The topological polar surface area (TPSA) is 70.5 Å². The number of nitrogens with zero attached hydrogens (tertiary/aromatic N) is 3. The Hall–Kier alpha value is -1.87. The lowest BCUT2D eigenvalue weighted by atomic mass is 9.96. The highest BCUT2D eigenvalue weighted by atomic mass is 35.5. The third-order valence-electron chi connectivity index (χ3n) is 5.40. The summed E-state index contributed by atoms with van der Waals surface area (Å²) in [7, 11) is 2.11. The molecule has 1 fully saturated rings. The van der Waals surface area contributed by atoms with E-state index < -0.39 is 12.5 Å². The van der Waals surface area contributed by atoms with Gasteiger partial charge in [0.05, 0.1) is 18.9 Å². The van der Waals surface area contributed by atoms with Crippen molar-refractivity contribution >= 4 is 17.4 Å². The molecule has 0 atom stereocenters. The van der Waals surface area contributed by atoms with E-state index in [4.69, 9.17) is 21.4 Å². The summed E-state index contributed by atoms with van der Waals surface area (Å²) in [6.45, 7) is 3.15. The molecule has 2 heterocycles. The SMILES string of the molecule is CN1CCOCC1.OCC(F)(F)c1cccc(CNc2nc(Cl)nc3c2CCCC3)c1. The summed E-state index contributed by atoms with van der Waals surface area (Å²) in [6, 6.07) is 6.00. The Labute approximate surface area is 186 Å². The van der Waals surface area contributed by atoms with Gasteiger partial charge in [-0.25, -0.2) is 9.97 Å². The summed E-state index contributed by atoms with van der Waals surface area (Å²) >= 11 is 5.98. The predicted octanol–water partition coefficient (Wildman–Crippen LogP) is 3.65. The van der Waals surface area contributed by atoms with Crippen LogP contribution in [0, 0.1) is 0 Å². The maximum atomic E-state index is 13.6. The second kappa shape index (κ2) is 11.1. The Balaban J connectivity index is 0.000000330. The molecule has 2 N–H and O–H groups in total. The molecule has 170 valence electrons. The van der Waals surface area contributed by atoms with Crippen LogP contribution in [-0.2, 0) is 30.0 Å². The molecule has 1 aromatic carbocycles. The first-order valence-corrected chi connectivity index (χ1v) is 10.9. The van der Waals surface area contributed by atoms with Crippen LogP contribution in [0.1, 0.15) is 35.2 Å². The zero-order chi connectivity index (χ0) is 22.3. The van der Waals surface area contributed by atoms with E-state index in [-0.39, 0.29) is 10.8 Å². The molecule has 6 nitrogen and oxygen atoms in total. The quantitative estimate of drug-likeness (QED) is 0.672. The van der Waals surface area contributed by atoms with Crippen LogP contribution in [0.15, 0.2) is 24.3 Å². The van der Waals surface area contributed by atoms with Crippen LogP contribution in [0.2, 0.25) is 5.28 Å². The molecule has 0 spiro atoms. The summed E-state index contributed by atoms with van der Waals surface area (Å²) in [6.07, 6.45) is 3.92. The van der Waals surface area contributed by atoms with Crippen molar-refractivity contribution in [2.75, 3.05) is 45.3 Å². The maximum Gasteiger partial charge on any atom is 0.295 e. The average Bonchev–Trinajstić information content (AvgIpc) is 2.78. The van der Waals surface area contributed by atoms with Crippen molar-refractivity contribution < 1.29 is 18.6 Å². The molecule has 0 radical (unpaired) electrons. The van der Waals surface area contributed by atoms with Gasteiger partial charge in [-0.1, -0.05) is 18.2 Å². The molecule has 0 bridgehead atoms. The van der Waals surface area contributed by atoms with Crippen LogP contribution in [0.4, 0.5) is 14.6 Å². The van der Waals surface area contributed by atoms with Crippen molar-refractivity contribution in [3.05, 3.63) is 51.9 Å². The molecule has 0 saturated carbocycles. The highest BCUT2D eigenvalue weighted by Crippen LogP contribution is 2.29. The molecule has 0 amide bonds. The molecule has 1 aliphatic heterocycles. The van der Waals surface area contributed by atoms with Crippen LogP contribution in [0.3, 0.4) is 0 Å². The van der Waals surface area contributed by atoms with Gasteiger partial charge >= 0.3 is 0 Å². The Morgan fingerprint density at radius 1 is 1.19 bits per heavy atom. The Morgan fingerprint density at radius 3 is 2.61 bits per heavy atom. The Kier molecular flexibility index (Phi) is 8.54. The van der Waals surface area contributed by atoms with E-state index in [2.05, 4.69) is 27.2 Å². The first-order valence-electron chi connectivity index (χ1n) is 10.5. The van der Waals surface area contributed by atoms with Gasteiger partial charge in [0, 0.05) is 30.8 Å². The van der Waals surface area contributed by atoms with E-state index in [1.165, 1.54) is 12.1 Å². The highest BCUT2D eigenvalue weighted by Gasteiger charge is 2.30. The smallest absolute Gasteiger partial charge is 0.295 e. The zero-order valence-electron chi connectivity index (χ0n) is 17.7. The fraction of sp³-hybridized carbons (Fsp3) is 0.545. The minimum absolute atomic E-state index is 0.193. The van der Waals surface area contributed by atoms with E-state index in [1.807, 2.05) is 0 Å². The van der Waals surface area contributed by atoms with Crippen molar-refractivity contribution in [1.82, 2.24) is 14.9 Å². The molecule has 1 saturated heterocycles. The minimum Gasteiger partial charge on any atom is -0.390 e. The summed E-state index contributed by atoms with van der Waals surface area (Å²) in [5.74, 6) is -2.57. The molecule has 4 rings (SSSR count). The van der Waals surface area contributed by atoms with Crippen molar-refractivity contribution in [2.24, 2.45) is 0 Å². The lowest BCUT2D eigenvalue weighted by molar-refractivity contribution is -0.0556.